The largest absolute Gasteiger partial charge is 0.310 e. The normalized spacial score (nSPS) is 14.5. The topological polar surface area (TPSA) is 66.8 Å². The van der Waals surface area contributed by atoms with E-state index >= 15 is 0 Å². The number of aromatic amines is 1. The molecule has 1 N–H and O–H groups in total. The van der Waals surface area contributed by atoms with Gasteiger partial charge in [-0.15, -0.1) is 0 Å². The third-order valence-corrected chi connectivity index (χ3v) is 4.68. The van der Waals surface area contributed by atoms with Crippen molar-refractivity contribution in [2.45, 2.75) is 33.4 Å². The monoisotopic (exact) mass is 335 g/mol. The van der Waals surface area contributed by atoms with E-state index in [1.807, 2.05) is 48.9 Å². The molecule has 128 valence electrons. The third kappa shape index (κ3) is 3.13. The van der Waals surface area contributed by atoms with Crippen LogP contribution in [0.4, 0.5) is 0 Å². The van der Waals surface area contributed by atoms with Crippen LogP contribution >= 0.6 is 0 Å². The zero-order valence-electron chi connectivity index (χ0n) is 14.5. The van der Waals surface area contributed by atoms with Crippen LogP contribution in [0.2, 0.25) is 0 Å². The van der Waals surface area contributed by atoms with Crippen molar-refractivity contribution in [3.63, 3.8) is 0 Å². The van der Waals surface area contributed by atoms with Gasteiger partial charge in [-0.2, -0.15) is 5.10 Å². The molecule has 6 heteroatoms. The van der Waals surface area contributed by atoms with Crippen molar-refractivity contribution in [2.75, 3.05) is 6.54 Å². The van der Waals surface area contributed by atoms with Crippen molar-refractivity contribution in [1.29, 1.82) is 0 Å². The Bertz CT molecular complexity index is 958. The van der Waals surface area contributed by atoms with Crippen LogP contribution in [0, 0.1) is 13.8 Å². The fraction of sp³-hybridized carbons (Fsp3) is 0.316. The first kappa shape index (κ1) is 15.8. The molecule has 1 aliphatic rings. The zero-order valence-corrected chi connectivity index (χ0v) is 14.5. The number of hydrogen-bond donors (Lipinski definition) is 1. The Morgan fingerprint density at radius 1 is 1.20 bits per heavy atom. The van der Waals surface area contributed by atoms with Crippen molar-refractivity contribution in [3.05, 3.63) is 75.2 Å². The highest BCUT2D eigenvalue weighted by atomic mass is 16.1. The Morgan fingerprint density at radius 3 is 2.80 bits per heavy atom. The second kappa shape index (κ2) is 6.29. The molecule has 3 aromatic rings. The van der Waals surface area contributed by atoms with Crippen molar-refractivity contribution < 1.29 is 0 Å². The molecule has 0 spiro atoms. The van der Waals surface area contributed by atoms with E-state index in [0.717, 1.165) is 42.1 Å². The molecule has 25 heavy (non-hydrogen) atoms. The first-order valence-corrected chi connectivity index (χ1v) is 8.52. The van der Waals surface area contributed by atoms with Crippen LogP contribution < -0.4 is 5.56 Å². The summed E-state index contributed by atoms with van der Waals surface area (Å²) < 4.78 is 1.92. The molecule has 0 bridgehead atoms. The molecule has 2 aromatic heterocycles. The summed E-state index contributed by atoms with van der Waals surface area (Å²) in [5, 5.41) is 4.63. The Hall–Kier alpha value is -2.73. The number of rotatable bonds is 3. The van der Waals surface area contributed by atoms with Gasteiger partial charge >= 0.3 is 0 Å². The lowest BCUT2D eigenvalue weighted by Crippen LogP contribution is -2.35. The number of fused-ring (bicyclic) bond motifs is 1. The summed E-state index contributed by atoms with van der Waals surface area (Å²) in [6, 6.07) is 10.1. The van der Waals surface area contributed by atoms with Crippen LogP contribution in [0.1, 0.15) is 28.3 Å². The quantitative estimate of drug-likeness (QED) is 0.796. The minimum absolute atomic E-state index is 0.0103. The maximum absolute atomic E-state index is 12.2. The molecule has 0 atom stereocenters. The van der Waals surface area contributed by atoms with Crippen molar-refractivity contribution in [3.8, 4) is 5.69 Å². The summed E-state index contributed by atoms with van der Waals surface area (Å²) in [5.41, 5.74) is 4.98. The van der Waals surface area contributed by atoms with E-state index in [4.69, 9.17) is 0 Å². The molecule has 6 nitrogen and oxygen atoms in total. The summed E-state index contributed by atoms with van der Waals surface area (Å²) in [6.07, 6.45) is 2.89. The van der Waals surface area contributed by atoms with Crippen LogP contribution in [0.15, 0.2) is 41.3 Å². The second-order valence-electron chi connectivity index (χ2n) is 6.56. The van der Waals surface area contributed by atoms with Gasteiger partial charge in [0.05, 0.1) is 22.6 Å². The van der Waals surface area contributed by atoms with Gasteiger partial charge in [0.15, 0.2) is 0 Å². The third-order valence-electron chi connectivity index (χ3n) is 4.68. The molecule has 1 aromatic carbocycles. The summed E-state index contributed by atoms with van der Waals surface area (Å²) >= 11 is 0. The molecule has 0 amide bonds. The predicted octanol–water partition coefficient (Wildman–Crippen LogP) is 2.13. The minimum atomic E-state index is -0.0103. The molecular weight excluding hydrogens is 314 g/mol. The number of hydrogen-bond acceptors (Lipinski definition) is 4. The van der Waals surface area contributed by atoms with E-state index in [-0.39, 0.29) is 5.56 Å². The van der Waals surface area contributed by atoms with Gasteiger partial charge in [-0.25, -0.2) is 9.67 Å². The highest BCUT2D eigenvalue weighted by Gasteiger charge is 2.21. The smallest absolute Gasteiger partial charge is 0.255 e. The maximum atomic E-state index is 12.2. The molecular formula is C19H21N5O. The number of aromatic nitrogens is 4. The molecule has 3 heterocycles. The Morgan fingerprint density at radius 2 is 2.00 bits per heavy atom. The van der Waals surface area contributed by atoms with E-state index in [1.165, 1.54) is 5.56 Å². The van der Waals surface area contributed by atoms with Gasteiger partial charge in [-0.3, -0.25) is 9.69 Å². The molecule has 0 radical (unpaired) electrons. The number of benzene rings is 1. The SMILES string of the molecule is Cc1nc2c(c(=O)[nH]1)CN(Cc1cn(-c3ccccc3)nc1C)CC2. The van der Waals surface area contributed by atoms with Gasteiger partial charge in [0.1, 0.15) is 5.82 Å². The highest BCUT2D eigenvalue weighted by Crippen LogP contribution is 2.19. The van der Waals surface area contributed by atoms with Gasteiger partial charge in [0.2, 0.25) is 0 Å². The van der Waals surface area contributed by atoms with E-state index in [9.17, 15) is 4.79 Å². The van der Waals surface area contributed by atoms with Crippen molar-refractivity contribution >= 4 is 0 Å². The van der Waals surface area contributed by atoms with Crippen LogP contribution in [0.25, 0.3) is 5.69 Å². The highest BCUT2D eigenvalue weighted by molar-refractivity contribution is 5.32. The number of aryl methyl sites for hydroxylation is 2. The van der Waals surface area contributed by atoms with E-state index in [0.29, 0.717) is 12.4 Å². The fourth-order valence-corrected chi connectivity index (χ4v) is 3.35. The number of H-pyrrole nitrogens is 1. The van der Waals surface area contributed by atoms with Crippen LogP contribution in [0.5, 0.6) is 0 Å². The summed E-state index contributed by atoms with van der Waals surface area (Å²) in [4.78, 5) is 21.8. The van der Waals surface area contributed by atoms with Crippen LogP contribution in [-0.4, -0.2) is 31.2 Å². The molecule has 1 aliphatic heterocycles. The first-order chi connectivity index (χ1) is 12.1. The Labute approximate surface area is 146 Å². The molecule has 4 rings (SSSR count). The van der Waals surface area contributed by atoms with Gasteiger partial charge in [0, 0.05) is 37.8 Å². The van der Waals surface area contributed by atoms with Crippen LogP contribution in [0.3, 0.4) is 0 Å². The molecule has 0 unspecified atom stereocenters. The lowest BCUT2D eigenvalue weighted by Gasteiger charge is -2.27. The van der Waals surface area contributed by atoms with Gasteiger partial charge in [-0.1, -0.05) is 18.2 Å². The van der Waals surface area contributed by atoms with Crippen molar-refractivity contribution in [2.24, 2.45) is 0 Å². The van der Waals surface area contributed by atoms with Gasteiger partial charge in [0.25, 0.3) is 5.56 Å². The molecule has 0 saturated carbocycles. The summed E-state index contributed by atoms with van der Waals surface area (Å²) in [5.74, 6) is 0.692. The predicted molar refractivity (Wildman–Crippen MR) is 95.7 cm³/mol. The first-order valence-electron chi connectivity index (χ1n) is 8.52. The number of nitrogens with one attached hydrogen (secondary N) is 1. The number of para-hydroxylation sites is 1. The number of nitrogens with zero attached hydrogens (tertiary/aromatic N) is 4. The lowest BCUT2D eigenvalue weighted by molar-refractivity contribution is 0.241. The Balaban J connectivity index is 1.56. The van der Waals surface area contributed by atoms with E-state index < -0.39 is 0 Å². The summed E-state index contributed by atoms with van der Waals surface area (Å²) in [7, 11) is 0. The van der Waals surface area contributed by atoms with E-state index in [1.54, 1.807) is 0 Å². The van der Waals surface area contributed by atoms with Crippen molar-refractivity contribution in [1.82, 2.24) is 24.6 Å². The minimum Gasteiger partial charge on any atom is -0.310 e. The van der Waals surface area contributed by atoms with E-state index in [2.05, 4.69) is 26.2 Å². The maximum Gasteiger partial charge on any atom is 0.255 e. The molecule has 0 saturated heterocycles. The fourth-order valence-electron chi connectivity index (χ4n) is 3.35. The average molecular weight is 335 g/mol. The van der Waals surface area contributed by atoms with Gasteiger partial charge < -0.3 is 4.98 Å². The average Bonchev–Trinajstić information content (AvgIpc) is 2.97. The molecule has 0 fully saturated rings. The summed E-state index contributed by atoms with van der Waals surface area (Å²) in [6.45, 7) is 6.18. The molecule has 0 aliphatic carbocycles. The van der Waals surface area contributed by atoms with Crippen LogP contribution in [-0.2, 0) is 19.5 Å². The lowest BCUT2D eigenvalue weighted by atomic mass is 10.1. The Kier molecular flexibility index (Phi) is 3.97. The zero-order chi connectivity index (χ0) is 17.4. The standard InChI is InChI=1S/C19H21N5O/c1-13-15(11-24(22-13)16-6-4-3-5-7-16)10-23-9-8-18-17(12-23)19(25)21-14(2)20-18/h3-7,11H,8-10,12H2,1-2H3,(H,20,21,25). The van der Waals surface area contributed by atoms with Gasteiger partial charge in [-0.05, 0) is 26.0 Å². The second-order valence-corrected chi connectivity index (χ2v) is 6.56.